The summed E-state index contributed by atoms with van der Waals surface area (Å²) < 4.78 is 6.00. The van der Waals surface area contributed by atoms with Gasteiger partial charge in [-0.15, -0.1) is 0 Å². The normalized spacial score (nSPS) is 16.9. The van der Waals surface area contributed by atoms with Crippen LogP contribution < -0.4 is 0 Å². The topological polar surface area (TPSA) is 72.1 Å². The molecule has 3 heterocycles. The summed E-state index contributed by atoms with van der Waals surface area (Å²) in [6.07, 6.45) is 7.34. The van der Waals surface area contributed by atoms with Crippen LogP contribution in [-0.2, 0) is 6.42 Å². The van der Waals surface area contributed by atoms with Gasteiger partial charge in [-0.05, 0) is 31.4 Å². The average Bonchev–Trinajstić information content (AvgIpc) is 3.19. The largest absolute Gasteiger partial charge is 0.445 e. The van der Waals surface area contributed by atoms with E-state index in [1.807, 2.05) is 36.1 Å². The maximum absolute atomic E-state index is 12.7. The molecule has 1 aliphatic rings. The van der Waals surface area contributed by atoms with Crippen LogP contribution >= 0.6 is 11.6 Å². The number of likely N-dealkylation sites (tertiary alicyclic amines) is 1. The summed E-state index contributed by atoms with van der Waals surface area (Å²) in [4.78, 5) is 27.4. The predicted octanol–water partition coefficient (Wildman–Crippen LogP) is 4.04. The summed E-state index contributed by atoms with van der Waals surface area (Å²) in [5.74, 6) is 1.43. The molecular weight excluding hydrogens is 376 g/mol. The molecular formula is C21H21ClN4O2. The lowest BCUT2D eigenvalue weighted by Gasteiger charge is -2.31. The molecule has 0 aliphatic carbocycles. The number of carbonyl (C=O) groups is 1. The van der Waals surface area contributed by atoms with Crippen LogP contribution in [0, 0.1) is 6.92 Å². The van der Waals surface area contributed by atoms with E-state index >= 15 is 0 Å². The highest BCUT2D eigenvalue weighted by atomic mass is 35.5. The lowest BCUT2D eigenvalue weighted by Crippen LogP contribution is -2.39. The minimum Gasteiger partial charge on any atom is -0.445 e. The monoisotopic (exact) mass is 396 g/mol. The molecule has 0 spiro atoms. The van der Waals surface area contributed by atoms with E-state index in [1.54, 1.807) is 12.4 Å². The molecule has 1 fully saturated rings. The number of benzene rings is 1. The number of hydrogen-bond donors (Lipinski definition) is 0. The van der Waals surface area contributed by atoms with E-state index in [0.717, 1.165) is 29.9 Å². The van der Waals surface area contributed by atoms with Gasteiger partial charge in [0.2, 0.25) is 0 Å². The molecule has 4 rings (SSSR count). The zero-order valence-corrected chi connectivity index (χ0v) is 16.4. The van der Waals surface area contributed by atoms with Gasteiger partial charge in [-0.25, -0.2) is 9.97 Å². The first-order valence-corrected chi connectivity index (χ1v) is 9.74. The van der Waals surface area contributed by atoms with Gasteiger partial charge in [0.25, 0.3) is 5.91 Å². The zero-order valence-electron chi connectivity index (χ0n) is 15.6. The summed E-state index contributed by atoms with van der Waals surface area (Å²) in [6, 6.07) is 7.71. The van der Waals surface area contributed by atoms with Crippen molar-refractivity contribution in [3.8, 4) is 0 Å². The highest BCUT2D eigenvalue weighted by Crippen LogP contribution is 2.28. The quantitative estimate of drug-likeness (QED) is 0.665. The van der Waals surface area contributed by atoms with Crippen LogP contribution in [0.5, 0.6) is 0 Å². The Balaban J connectivity index is 1.45. The standard InChI is InChI=1S/C21H21ClN4O2/c1-14-10-24-19(12-23-14)21(27)26-8-4-6-16(13-26)20-25-11-17(28-20)9-15-5-2-3-7-18(15)22/h2-3,5,7,10-12,16H,4,6,8-9,13H2,1H3. The minimum absolute atomic E-state index is 0.0797. The van der Waals surface area contributed by atoms with Crippen molar-refractivity contribution < 1.29 is 9.21 Å². The Bertz CT molecular complexity index is 971. The number of oxazole rings is 1. The van der Waals surface area contributed by atoms with Crippen LogP contribution in [-0.4, -0.2) is 38.8 Å². The number of piperidine rings is 1. The highest BCUT2D eigenvalue weighted by molar-refractivity contribution is 6.31. The zero-order chi connectivity index (χ0) is 19.5. The number of aryl methyl sites for hydroxylation is 1. The molecule has 1 unspecified atom stereocenters. The maximum atomic E-state index is 12.7. The van der Waals surface area contributed by atoms with Crippen LogP contribution in [0.2, 0.25) is 5.02 Å². The van der Waals surface area contributed by atoms with Crippen LogP contribution in [0.15, 0.2) is 47.3 Å². The number of rotatable bonds is 4. The van der Waals surface area contributed by atoms with Crippen molar-refractivity contribution in [3.63, 3.8) is 0 Å². The third kappa shape index (κ3) is 4.07. The first-order valence-electron chi connectivity index (χ1n) is 9.36. The first-order chi connectivity index (χ1) is 13.6. The number of amides is 1. The summed E-state index contributed by atoms with van der Waals surface area (Å²) in [5, 5.41) is 0.717. The molecule has 1 saturated heterocycles. The number of carbonyl (C=O) groups excluding carboxylic acids is 1. The van der Waals surface area contributed by atoms with Crippen molar-refractivity contribution in [1.82, 2.24) is 19.9 Å². The van der Waals surface area contributed by atoms with Crippen LogP contribution in [0.3, 0.4) is 0 Å². The maximum Gasteiger partial charge on any atom is 0.274 e. The number of aromatic nitrogens is 3. The van der Waals surface area contributed by atoms with E-state index in [9.17, 15) is 4.79 Å². The average molecular weight is 397 g/mol. The molecule has 7 heteroatoms. The Morgan fingerprint density at radius 1 is 1.21 bits per heavy atom. The number of hydrogen-bond acceptors (Lipinski definition) is 5. The van der Waals surface area contributed by atoms with Gasteiger partial charge in [0.05, 0.1) is 24.0 Å². The third-order valence-electron chi connectivity index (χ3n) is 4.95. The molecule has 28 heavy (non-hydrogen) atoms. The Labute approximate surface area is 168 Å². The molecule has 144 valence electrons. The molecule has 1 atom stereocenters. The molecule has 0 saturated carbocycles. The van der Waals surface area contributed by atoms with Crippen LogP contribution in [0.4, 0.5) is 0 Å². The fourth-order valence-electron chi connectivity index (χ4n) is 3.45. The second-order valence-electron chi connectivity index (χ2n) is 7.07. The van der Waals surface area contributed by atoms with Gasteiger partial charge in [0.1, 0.15) is 11.5 Å². The Morgan fingerprint density at radius 3 is 2.86 bits per heavy atom. The van der Waals surface area contributed by atoms with E-state index in [4.69, 9.17) is 16.0 Å². The molecule has 0 bridgehead atoms. The first kappa shape index (κ1) is 18.6. The van der Waals surface area contributed by atoms with E-state index in [2.05, 4.69) is 15.0 Å². The fraction of sp³-hybridized carbons (Fsp3) is 0.333. The lowest BCUT2D eigenvalue weighted by molar-refractivity contribution is 0.0691. The molecule has 6 nitrogen and oxygen atoms in total. The second-order valence-corrected chi connectivity index (χ2v) is 7.47. The number of nitrogens with zero attached hydrogens (tertiary/aromatic N) is 4. The van der Waals surface area contributed by atoms with Gasteiger partial charge in [-0.3, -0.25) is 9.78 Å². The van der Waals surface area contributed by atoms with Gasteiger partial charge in [0, 0.05) is 30.7 Å². The molecule has 1 aromatic carbocycles. The summed E-state index contributed by atoms with van der Waals surface area (Å²) in [5.41, 5.74) is 2.17. The second kappa shape index (κ2) is 8.10. The lowest BCUT2D eigenvalue weighted by atomic mass is 9.98. The highest BCUT2D eigenvalue weighted by Gasteiger charge is 2.29. The van der Waals surface area contributed by atoms with E-state index < -0.39 is 0 Å². The van der Waals surface area contributed by atoms with E-state index in [-0.39, 0.29) is 11.8 Å². The van der Waals surface area contributed by atoms with Gasteiger partial charge >= 0.3 is 0 Å². The summed E-state index contributed by atoms with van der Waals surface area (Å²) >= 11 is 6.23. The SMILES string of the molecule is Cc1cnc(C(=O)N2CCCC(c3ncc(Cc4ccccc4Cl)o3)C2)cn1. The van der Waals surface area contributed by atoms with Gasteiger partial charge in [-0.2, -0.15) is 0 Å². The van der Waals surface area contributed by atoms with Crippen molar-refractivity contribution in [3.05, 3.63) is 76.5 Å². The van der Waals surface area contributed by atoms with Gasteiger partial charge in [0.15, 0.2) is 5.89 Å². The van der Waals surface area contributed by atoms with E-state index in [0.29, 0.717) is 36.1 Å². The summed E-state index contributed by atoms with van der Waals surface area (Å²) in [7, 11) is 0. The summed E-state index contributed by atoms with van der Waals surface area (Å²) in [6.45, 7) is 3.12. The Kier molecular flexibility index (Phi) is 5.39. The van der Waals surface area contributed by atoms with Crippen molar-refractivity contribution in [1.29, 1.82) is 0 Å². The van der Waals surface area contributed by atoms with Crippen molar-refractivity contribution in [2.45, 2.75) is 32.1 Å². The molecule has 0 radical (unpaired) electrons. The van der Waals surface area contributed by atoms with Crippen molar-refractivity contribution >= 4 is 17.5 Å². The van der Waals surface area contributed by atoms with Crippen molar-refractivity contribution in [2.75, 3.05) is 13.1 Å². The predicted molar refractivity (Wildman–Crippen MR) is 105 cm³/mol. The van der Waals surface area contributed by atoms with Gasteiger partial charge < -0.3 is 9.32 Å². The molecule has 1 aliphatic heterocycles. The molecule has 0 N–H and O–H groups in total. The molecule has 1 amide bonds. The van der Waals surface area contributed by atoms with E-state index in [1.165, 1.54) is 6.20 Å². The van der Waals surface area contributed by atoms with Gasteiger partial charge in [-0.1, -0.05) is 29.8 Å². The molecule has 2 aromatic heterocycles. The van der Waals surface area contributed by atoms with Crippen LogP contribution in [0.25, 0.3) is 0 Å². The van der Waals surface area contributed by atoms with Crippen molar-refractivity contribution in [2.24, 2.45) is 0 Å². The fourth-order valence-corrected chi connectivity index (χ4v) is 3.65. The third-order valence-corrected chi connectivity index (χ3v) is 5.32. The Hall–Kier alpha value is -2.73. The molecule has 3 aromatic rings. The number of halogens is 1. The Morgan fingerprint density at radius 2 is 2.07 bits per heavy atom. The minimum atomic E-state index is -0.0972. The smallest absolute Gasteiger partial charge is 0.274 e. The van der Waals surface area contributed by atoms with Crippen LogP contribution in [0.1, 0.15) is 52.2 Å².